The molecule has 0 bridgehead atoms. The lowest BCUT2D eigenvalue weighted by atomic mass is 9.80. The maximum atomic E-state index is 6.37. The largest absolute Gasteiger partial charge is 0.325 e. The van der Waals surface area contributed by atoms with Crippen molar-refractivity contribution in [1.82, 2.24) is 5.32 Å². The zero-order valence-corrected chi connectivity index (χ0v) is 9.93. The molecule has 0 aromatic carbocycles. The monoisotopic (exact) mass is 210 g/mol. The molecule has 0 aromatic heterocycles. The average Bonchev–Trinajstić information content (AvgIpc) is 3.02. The van der Waals surface area contributed by atoms with Gasteiger partial charge < -0.3 is 11.1 Å². The highest BCUT2D eigenvalue weighted by atomic mass is 14.9. The third-order valence-electron chi connectivity index (χ3n) is 4.08. The van der Waals surface area contributed by atoms with E-state index in [2.05, 4.69) is 5.32 Å². The summed E-state index contributed by atoms with van der Waals surface area (Å²) in [6, 6.07) is 0. The summed E-state index contributed by atoms with van der Waals surface area (Å²) in [7, 11) is 0. The van der Waals surface area contributed by atoms with Gasteiger partial charge in [-0.25, -0.2) is 0 Å². The Labute approximate surface area is 94.0 Å². The number of rotatable bonds is 6. The lowest BCUT2D eigenvalue weighted by Gasteiger charge is -2.33. The Bertz CT molecular complexity index is 181. The Hall–Kier alpha value is -0.0800. The highest BCUT2D eigenvalue weighted by molar-refractivity contribution is 4.87. The van der Waals surface area contributed by atoms with Crippen molar-refractivity contribution in [3.63, 3.8) is 0 Å². The summed E-state index contributed by atoms with van der Waals surface area (Å²) in [6.45, 7) is 2.34. The predicted octanol–water partition coefficient (Wildman–Crippen LogP) is 2.43. The van der Waals surface area contributed by atoms with E-state index in [1.165, 1.54) is 64.3 Å². The zero-order valence-electron chi connectivity index (χ0n) is 9.93. The van der Waals surface area contributed by atoms with Gasteiger partial charge in [0.2, 0.25) is 0 Å². The minimum atomic E-state index is 0.171. The molecular formula is C13H26N2. The molecule has 2 saturated carbocycles. The lowest BCUT2D eigenvalue weighted by molar-refractivity contribution is 0.274. The second-order valence-corrected chi connectivity index (χ2v) is 5.66. The van der Waals surface area contributed by atoms with Crippen molar-refractivity contribution < 1.29 is 0 Å². The van der Waals surface area contributed by atoms with Crippen LogP contribution in [0.5, 0.6) is 0 Å². The lowest BCUT2D eigenvalue weighted by Crippen LogP contribution is -2.44. The van der Waals surface area contributed by atoms with E-state index >= 15 is 0 Å². The van der Waals surface area contributed by atoms with Crippen LogP contribution in [-0.4, -0.2) is 18.6 Å². The molecule has 15 heavy (non-hydrogen) atoms. The first kappa shape index (κ1) is 11.4. The highest BCUT2D eigenvalue weighted by Crippen LogP contribution is 2.31. The molecule has 2 aliphatic carbocycles. The molecule has 2 fully saturated rings. The van der Waals surface area contributed by atoms with Crippen molar-refractivity contribution in [1.29, 1.82) is 0 Å². The van der Waals surface area contributed by atoms with Crippen LogP contribution in [0.4, 0.5) is 0 Å². The predicted molar refractivity (Wildman–Crippen MR) is 64.8 cm³/mol. The van der Waals surface area contributed by atoms with Crippen molar-refractivity contribution >= 4 is 0 Å². The second-order valence-electron chi connectivity index (χ2n) is 5.66. The summed E-state index contributed by atoms with van der Waals surface area (Å²) >= 11 is 0. The molecule has 0 atom stereocenters. The van der Waals surface area contributed by atoms with E-state index in [4.69, 9.17) is 5.73 Å². The number of nitrogens with one attached hydrogen (secondary N) is 1. The van der Waals surface area contributed by atoms with Crippen molar-refractivity contribution in [3.8, 4) is 0 Å². The van der Waals surface area contributed by atoms with Gasteiger partial charge in [0.1, 0.15) is 0 Å². The molecule has 2 rings (SSSR count). The average molecular weight is 210 g/mol. The Balaban J connectivity index is 1.51. The van der Waals surface area contributed by atoms with Crippen molar-refractivity contribution in [2.45, 2.75) is 63.3 Å². The van der Waals surface area contributed by atoms with Crippen LogP contribution >= 0.6 is 0 Å². The van der Waals surface area contributed by atoms with Crippen molar-refractivity contribution in [2.24, 2.45) is 11.7 Å². The molecule has 0 unspecified atom stereocenters. The Morgan fingerprint density at radius 3 is 2.47 bits per heavy atom. The SMILES string of the molecule is NC1(CCNCCC2CC2)CCCCC1. The van der Waals surface area contributed by atoms with Crippen LogP contribution in [0.3, 0.4) is 0 Å². The fourth-order valence-electron chi connectivity index (χ4n) is 2.68. The molecule has 2 heteroatoms. The Kier molecular flexibility index (Phi) is 4.04. The zero-order chi connectivity index (χ0) is 10.6. The molecule has 0 aliphatic heterocycles. The van der Waals surface area contributed by atoms with E-state index in [-0.39, 0.29) is 5.54 Å². The van der Waals surface area contributed by atoms with Gasteiger partial charge in [-0.2, -0.15) is 0 Å². The first-order valence-electron chi connectivity index (χ1n) is 6.78. The molecule has 0 radical (unpaired) electrons. The van der Waals surface area contributed by atoms with E-state index in [0.29, 0.717) is 0 Å². The van der Waals surface area contributed by atoms with Crippen LogP contribution in [0.2, 0.25) is 0 Å². The molecule has 88 valence electrons. The smallest absolute Gasteiger partial charge is 0.0166 e. The maximum absolute atomic E-state index is 6.37. The van der Waals surface area contributed by atoms with Crippen LogP contribution < -0.4 is 11.1 Å². The van der Waals surface area contributed by atoms with E-state index in [1.54, 1.807) is 0 Å². The summed E-state index contributed by atoms with van der Waals surface area (Å²) in [6.07, 6.45) is 12.1. The van der Waals surface area contributed by atoms with E-state index in [9.17, 15) is 0 Å². The molecule has 0 saturated heterocycles. The van der Waals surface area contributed by atoms with Gasteiger partial charge in [-0.1, -0.05) is 32.1 Å². The van der Waals surface area contributed by atoms with Crippen LogP contribution in [0.15, 0.2) is 0 Å². The minimum Gasteiger partial charge on any atom is -0.325 e. The first-order chi connectivity index (χ1) is 7.29. The summed E-state index contributed by atoms with van der Waals surface area (Å²) < 4.78 is 0. The summed E-state index contributed by atoms with van der Waals surface area (Å²) in [5.74, 6) is 1.05. The van der Waals surface area contributed by atoms with Gasteiger partial charge in [-0.15, -0.1) is 0 Å². The van der Waals surface area contributed by atoms with Crippen molar-refractivity contribution in [3.05, 3.63) is 0 Å². The first-order valence-corrected chi connectivity index (χ1v) is 6.78. The van der Waals surface area contributed by atoms with Gasteiger partial charge in [0.15, 0.2) is 0 Å². The van der Waals surface area contributed by atoms with Gasteiger partial charge in [0.25, 0.3) is 0 Å². The van der Waals surface area contributed by atoms with Crippen LogP contribution in [0.1, 0.15) is 57.8 Å². The summed E-state index contributed by atoms with van der Waals surface area (Å²) in [5.41, 5.74) is 6.54. The molecule has 3 N–H and O–H groups in total. The van der Waals surface area contributed by atoms with Gasteiger partial charge in [0, 0.05) is 5.54 Å². The van der Waals surface area contributed by atoms with Gasteiger partial charge in [-0.3, -0.25) is 0 Å². The second kappa shape index (κ2) is 5.31. The highest BCUT2D eigenvalue weighted by Gasteiger charge is 2.26. The molecule has 2 aliphatic rings. The van der Waals surface area contributed by atoms with E-state index in [1.807, 2.05) is 0 Å². The molecule has 0 spiro atoms. The molecule has 0 amide bonds. The topological polar surface area (TPSA) is 38.0 Å². The van der Waals surface area contributed by atoms with E-state index < -0.39 is 0 Å². The van der Waals surface area contributed by atoms with E-state index in [0.717, 1.165) is 12.5 Å². The van der Waals surface area contributed by atoms with Crippen molar-refractivity contribution in [2.75, 3.05) is 13.1 Å². The normalized spacial score (nSPS) is 25.4. The van der Waals surface area contributed by atoms with Crippen LogP contribution in [-0.2, 0) is 0 Å². The Morgan fingerprint density at radius 2 is 1.80 bits per heavy atom. The molecule has 0 aromatic rings. The third-order valence-corrected chi connectivity index (χ3v) is 4.08. The number of hydrogen-bond acceptors (Lipinski definition) is 2. The summed E-state index contributed by atoms with van der Waals surface area (Å²) in [5, 5.41) is 3.55. The molecular weight excluding hydrogens is 184 g/mol. The quantitative estimate of drug-likeness (QED) is 0.661. The van der Waals surface area contributed by atoms with Gasteiger partial charge in [-0.05, 0) is 44.7 Å². The fraction of sp³-hybridized carbons (Fsp3) is 1.00. The number of nitrogens with two attached hydrogens (primary N) is 1. The molecule has 2 nitrogen and oxygen atoms in total. The third kappa shape index (κ3) is 4.12. The summed E-state index contributed by atoms with van der Waals surface area (Å²) in [4.78, 5) is 0. The number of hydrogen-bond donors (Lipinski definition) is 2. The van der Waals surface area contributed by atoms with Gasteiger partial charge >= 0.3 is 0 Å². The standard InChI is InChI=1S/C13H26N2/c14-13(7-2-1-3-8-13)9-11-15-10-6-12-4-5-12/h12,15H,1-11,14H2. The van der Waals surface area contributed by atoms with Crippen LogP contribution in [0, 0.1) is 5.92 Å². The van der Waals surface area contributed by atoms with Crippen LogP contribution in [0.25, 0.3) is 0 Å². The fourth-order valence-corrected chi connectivity index (χ4v) is 2.68. The van der Waals surface area contributed by atoms with Gasteiger partial charge in [0.05, 0.1) is 0 Å². The maximum Gasteiger partial charge on any atom is 0.0166 e. The Morgan fingerprint density at radius 1 is 1.07 bits per heavy atom. The minimum absolute atomic E-state index is 0.171. The molecule has 0 heterocycles.